The van der Waals surface area contributed by atoms with Crippen LogP contribution in [-0.4, -0.2) is 30.6 Å². The van der Waals surface area contributed by atoms with Crippen molar-refractivity contribution in [2.45, 2.75) is 17.0 Å². The molecule has 9 nitrogen and oxygen atoms in total. The highest BCUT2D eigenvalue weighted by molar-refractivity contribution is 7.99. The summed E-state index contributed by atoms with van der Waals surface area (Å²) >= 11 is 2.51. The number of carbonyl (C=O) groups excluding carboxylic acids is 1. The highest BCUT2D eigenvalue weighted by atomic mass is 32.2. The van der Waals surface area contributed by atoms with Crippen LogP contribution in [0.4, 0.5) is 10.8 Å². The van der Waals surface area contributed by atoms with E-state index in [0.717, 1.165) is 5.69 Å². The smallest absolute Gasteiger partial charge is 0.282 e. The first-order valence-electron chi connectivity index (χ1n) is 6.98. The molecule has 3 rings (SSSR count). The summed E-state index contributed by atoms with van der Waals surface area (Å²) in [4.78, 5) is 27.9. The SMILES string of the molecule is Cc1csc(NC(=O)c2cc(Sc3nncn3C)ccc2[N+](=O)[O-])n1. The third-order valence-electron chi connectivity index (χ3n) is 3.13. The number of aromatic nitrogens is 4. The number of carbonyl (C=O) groups is 1. The van der Waals surface area contributed by atoms with Gasteiger partial charge < -0.3 is 4.57 Å². The molecule has 2 heterocycles. The fourth-order valence-electron chi connectivity index (χ4n) is 1.97. The molecule has 0 aliphatic rings. The van der Waals surface area contributed by atoms with E-state index in [9.17, 15) is 14.9 Å². The van der Waals surface area contributed by atoms with Crippen LogP contribution in [0.2, 0.25) is 0 Å². The van der Waals surface area contributed by atoms with Crippen molar-refractivity contribution in [3.8, 4) is 0 Å². The Balaban J connectivity index is 1.91. The van der Waals surface area contributed by atoms with Crippen molar-refractivity contribution >= 4 is 39.8 Å². The van der Waals surface area contributed by atoms with Crippen LogP contribution in [0.3, 0.4) is 0 Å². The molecule has 1 amide bonds. The van der Waals surface area contributed by atoms with Gasteiger partial charge in [-0.05, 0) is 30.8 Å². The van der Waals surface area contributed by atoms with Crippen LogP contribution in [0.1, 0.15) is 16.1 Å². The number of hydrogen-bond acceptors (Lipinski definition) is 8. The maximum Gasteiger partial charge on any atom is 0.282 e. The maximum absolute atomic E-state index is 12.5. The van der Waals surface area contributed by atoms with Crippen molar-refractivity contribution in [3.63, 3.8) is 0 Å². The van der Waals surface area contributed by atoms with Crippen molar-refractivity contribution in [2.24, 2.45) is 7.05 Å². The van der Waals surface area contributed by atoms with Gasteiger partial charge >= 0.3 is 0 Å². The van der Waals surface area contributed by atoms with Gasteiger partial charge in [-0.15, -0.1) is 21.5 Å². The van der Waals surface area contributed by atoms with Gasteiger partial charge in [-0.1, -0.05) is 0 Å². The maximum atomic E-state index is 12.5. The third kappa shape index (κ3) is 3.83. The van der Waals surface area contributed by atoms with Gasteiger partial charge in [0, 0.05) is 23.4 Å². The zero-order chi connectivity index (χ0) is 18.0. The van der Waals surface area contributed by atoms with Gasteiger partial charge in [-0.2, -0.15) is 0 Å². The molecule has 0 bridgehead atoms. The Morgan fingerprint density at radius 1 is 1.44 bits per heavy atom. The van der Waals surface area contributed by atoms with Gasteiger partial charge in [0.15, 0.2) is 10.3 Å². The lowest BCUT2D eigenvalue weighted by atomic mass is 10.1. The summed E-state index contributed by atoms with van der Waals surface area (Å²) in [5.74, 6) is -0.582. The number of anilines is 1. The molecule has 0 unspecified atom stereocenters. The molecule has 2 aromatic heterocycles. The van der Waals surface area contributed by atoms with E-state index in [2.05, 4.69) is 20.5 Å². The number of nitrogens with one attached hydrogen (secondary N) is 1. The molecule has 0 saturated carbocycles. The summed E-state index contributed by atoms with van der Waals surface area (Å²) in [6.07, 6.45) is 1.55. The molecule has 0 aliphatic heterocycles. The van der Waals surface area contributed by atoms with Gasteiger partial charge in [0.05, 0.1) is 10.6 Å². The van der Waals surface area contributed by atoms with E-state index in [0.29, 0.717) is 15.2 Å². The molecule has 0 fully saturated rings. The number of thiazole rings is 1. The zero-order valence-corrected chi connectivity index (χ0v) is 14.8. The number of nitro groups is 1. The Morgan fingerprint density at radius 3 is 2.84 bits per heavy atom. The second kappa shape index (κ2) is 6.99. The number of aryl methyl sites for hydroxylation is 2. The summed E-state index contributed by atoms with van der Waals surface area (Å²) in [5.41, 5.74) is 0.458. The Labute approximate surface area is 150 Å². The van der Waals surface area contributed by atoms with Gasteiger partial charge in [0.25, 0.3) is 11.6 Å². The van der Waals surface area contributed by atoms with Crippen LogP contribution in [0.15, 0.2) is 40.0 Å². The fraction of sp³-hybridized carbons (Fsp3) is 0.143. The fourth-order valence-corrected chi connectivity index (χ4v) is 3.45. The van der Waals surface area contributed by atoms with Crippen LogP contribution >= 0.6 is 23.1 Å². The summed E-state index contributed by atoms with van der Waals surface area (Å²) in [6.45, 7) is 1.80. The van der Waals surface area contributed by atoms with E-state index < -0.39 is 10.8 Å². The number of amides is 1. The molecule has 0 radical (unpaired) electrons. The molecule has 0 spiro atoms. The first-order chi connectivity index (χ1) is 11.9. The lowest BCUT2D eigenvalue weighted by Crippen LogP contribution is -2.14. The predicted octanol–water partition coefficient (Wildman–Crippen LogP) is 2.89. The molecule has 0 aliphatic carbocycles. The van der Waals surface area contributed by atoms with Crippen molar-refractivity contribution in [1.82, 2.24) is 19.7 Å². The minimum Gasteiger partial charge on any atom is -0.311 e. The van der Waals surface area contributed by atoms with Gasteiger partial charge in [-0.3, -0.25) is 20.2 Å². The normalized spacial score (nSPS) is 10.6. The van der Waals surface area contributed by atoms with Crippen LogP contribution < -0.4 is 5.32 Å². The zero-order valence-electron chi connectivity index (χ0n) is 13.2. The Kier molecular flexibility index (Phi) is 4.76. The van der Waals surface area contributed by atoms with Crippen molar-refractivity contribution in [2.75, 3.05) is 5.32 Å². The van der Waals surface area contributed by atoms with Gasteiger partial charge in [-0.25, -0.2) is 4.98 Å². The summed E-state index contributed by atoms with van der Waals surface area (Å²) in [7, 11) is 1.78. The molecular weight excluding hydrogens is 364 g/mol. The van der Waals surface area contributed by atoms with Crippen LogP contribution in [-0.2, 0) is 7.05 Å². The van der Waals surface area contributed by atoms with Crippen molar-refractivity contribution < 1.29 is 9.72 Å². The largest absolute Gasteiger partial charge is 0.311 e. The van der Waals surface area contributed by atoms with E-state index in [4.69, 9.17) is 0 Å². The Morgan fingerprint density at radius 2 is 2.24 bits per heavy atom. The lowest BCUT2D eigenvalue weighted by Gasteiger charge is -2.06. The molecule has 1 N–H and O–H groups in total. The molecule has 0 atom stereocenters. The van der Waals surface area contributed by atoms with Gasteiger partial charge in [0.2, 0.25) is 0 Å². The van der Waals surface area contributed by atoms with E-state index in [1.807, 2.05) is 0 Å². The topological polar surface area (TPSA) is 116 Å². The molecule has 25 heavy (non-hydrogen) atoms. The van der Waals surface area contributed by atoms with Crippen LogP contribution in [0.25, 0.3) is 0 Å². The van der Waals surface area contributed by atoms with E-state index in [1.165, 1.54) is 35.2 Å². The minimum atomic E-state index is -0.585. The predicted molar refractivity (Wildman–Crippen MR) is 93.0 cm³/mol. The number of nitro benzene ring substituents is 1. The van der Waals surface area contributed by atoms with Gasteiger partial charge in [0.1, 0.15) is 11.9 Å². The van der Waals surface area contributed by atoms with Crippen LogP contribution in [0.5, 0.6) is 0 Å². The van der Waals surface area contributed by atoms with E-state index >= 15 is 0 Å². The highest BCUT2D eigenvalue weighted by Gasteiger charge is 2.22. The summed E-state index contributed by atoms with van der Waals surface area (Å²) in [6, 6.07) is 4.34. The van der Waals surface area contributed by atoms with E-state index in [1.54, 1.807) is 36.3 Å². The third-order valence-corrected chi connectivity index (χ3v) is 5.05. The monoisotopic (exact) mass is 376 g/mol. The molecule has 1 aromatic carbocycles. The second-order valence-corrected chi connectivity index (χ2v) is 6.91. The molecule has 3 aromatic rings. The first kappa shape index (κ1) is 17.0. The molecule has 128 valence electrons. The summed E-state index contributed by atoms with van der Waals surface area (Å²) < 4.78 is 1.71. The Bertz CT molecular complexity index is 952. The number of nitrogens with zero attached hydrogens (tertiary/aromatic N) is 5. The number of rotatable bonds is 5. The quantitative estimate of drug-likeness (QED) is 0.537. The lowest BCUT2D eigenvalue weighted by molar-refractivity contribution is -0.385. The number of benzene rings is 1. The molecule has 11 heteroatoms. The average Bonchev–Trinajstić information content (AvgIpc) is 3.16. The standard InChI is InChI=1S/C14H12N6O3S2/c1-8-6-24-13(16-8)17-12(21)10-5-9(3-4-11(10)20(22)23)25-14-18-15-7-19(14)2/h3-7H,1-2H3,(H,16,17,21). The molecule has 0 saturated heterocycles. The van der Waals surface area contributed by atoms with Crippen LogP contribution in [0, 0.1) is 17.0 Å². The highest BCUT2D eigenvalue weighted by Crippen LogP contribution is 2.30. The first-order valence-corrected chi connectivity index (χ1v) is 8.67. The van der Waals surface area contributed by atoms with E-state index in [-0.39, 0.29) is 11.3 Å². The van der Waals surface area contributed by atoms with Crippen molar-refractivity contribution in [3.05, 3.63) is 51.3 Å². The minimum absolute atomic E-state index is 0.0370. The Hall–Kier alpha value is -2.79. The molecular formula is C14H12N6O3S2. The average molecular weight is 376 g/mol. The summed E-state index contributed by atoms with van der Waals surface area (Å²) in [5, 5.41) is 24.3. The van der Waals surface area contributed by atoms with Crippen molar-refractivity contribution in [1.29, 1.82) is 0 Å². The second-order valence-electron chi connectivity index (χ2n) is 5.01. The number of hydrogen-bond donors (Lipinski definition) is 1.